The van der Waals surface area contributed by atoms with E-state index in [-0.39, 0.29) is 12.6 Å². The molecule has 0 amide bonds. The summed E-state index contributed by atoms with van der Waals surface area (Å²) in [4.78, 5) is 0. The third-order valence-corrected chi connectivity index (χ3v) is 4.09. The van der Waals surface area contributed by atoms with Crippen molar-refractivity contribution in [2.24, 2.45) is 5.92 Å². The number of anilines is 2. The summed E-state index contributed by atoms with van der Waals surface area (Å²) in [6.45, 7) is 6.37. The molecule has 5 heteroatoms. The molecule has 2 atom stereocenters. The first kappa shape index (κ1) is 14.2. The molecule has 1 aromatic heterocycles. The first-order chi connectivity index (χ1) is 9.04. The molecular weight excluding hydrogens is 240 g/mol. The summed E-state index contributed by atoms with van der Waals surface area (Å²) in [7, 11) is 0. The van der Waals surface area contributed by atoms with Crippen molar-refractivity contribution in [1.82, 2.24) is 9.78 Å². The highest BCUT2D eigenvalue weighted by atomic mass is 16.3. The summed E-state index contributed by atoms with van der Waals surface area (Å²) < 4.78 is 1.95. The molecule has 108 valence electrons. The maximum absolute atomic E-state index is 9.50. The number of aliphatic hydroxyl groups excluding tert-OH is 1. The molecule has 1 saturated carbocycles. The topological polar surface area (TPSA) is 76.1 Å². The molecule has 4 N–H and O–H groups in total. The fourth-order valence-electron chi connectivity index (χ4n) is 2.87. The minimum atomic E-state index is 0.242. The molecule has 1 aliphatic rings. The number of nitrogen functional groups attached to an aromatic ring is 1. The van der Waals surface area contributed by atoms with Gasteiger partial charge in [0.2, 0.25) is 0 Å². The molecular formula is C14H26N4O. The number of nitrogens with zero attached hydrogens (tertiary/aromatic N) is 2. The van der Waals surface area contributed by atoms with Crippen LogP contribution in [0.1, 0.15) is 51.3 Å². The molecule has 0 bridgehead atoms. The Kier molecular flexibility index (Phi) is 4.34. The Bertz CT molecular complexity index is 427. The summed E-state index contributed by atoms with van der Waals surface area (Å²) >= 11 is 0. The number of aryl methyl sites for hydroxylation is 1. The smallest absolute Gasteiger partial charge is 0.148 e. The van der Waals surface area contributed by atoms with Gasteiger partial charge in [-0.2, -0.15) is 5.10 Å². The highest BCUT2D eigenvalue weighted by Gasteiger charge is 2.26. The van der Waals surface area contributed by atoms with E-state index in [1.807, 2.05) is 11.6 Å². The van der Waals surface area contributed by atoms with Crippen LogP contribution in [0.4, 0.5) is 11.5 Å². The van der Waals surface area contributed by atoms with Gasteiger partial charge in [-0.15, -0.1) is 0 Å². The predicted octanol–water partition coefficient (Wildman–Crippen LogP) is 2.32. The maximum Gasteiger partial charge on any atom is 0.148 e. The maximum atomic E-state index is 9.50. The van der Waals surface area contributed by atoms with E-state index in [4.69, 9.17) is 5.73 Å². The zero-order valence-corrected chi connectivity index (χ0v) is 12.2. The molecule has 1 aliphatic carbocycles. The lowest BCUT2D eigenvalue weighted by Crippen LogP contribution is -2.35. The number of rotatable bonds is 4. The van der Waals surface area contributed by atoms with Crippen LogP contribution in [0.2, 0.25) is 0 Å². The standard InChI is InChI=1S/C14H26N4O/c1-9(2)18-14(13(15)10(3)17-18)16-12-7-5-4-6-11(12)8-19/h9,11-12,16,19H,4-8,15H2,1-3H3. The van der Waals surface area contributed by atoms with Crippen molar-refractivity contribution in [2.75, 3.05) is 17.7 Å². The van der Waals surface area contributed by atoms with Crippen molar-refractivity contribution in [3.8, 4) is 0 Å². The molecule has 1 fully saturated rings. The number of hydrogen-bond donors (Lipinski definition) is 3. The van der Waals surface area contributed by atoms with Gasteiger partial charge in [-0.3, -0.25) is 0 Å². The second-order valence-corrected chi connectivity index (χ2v) is 5.86. The van der Waals surface area contributed by atoms with E-state index in [0.29, 0.717) is 12.0 Å². The molecule has 2 rings (SSSR count). The van der Waals surface area contributed by atoms with Gasteiger partial charge in [-0.1, -0.05) is 12.8 Å². The van der Waals surface area contributed by atoms with Gasteiger partial charge in [0, 0.05) is 24.6 Å². The van der Waals surface area contributed by atoms with E-state index < -0.39 is 0 Å². The van der Waals surface area contributed by atoms with Gasteiger partial charge in [-0.05, 0) is 33.6 Å². The third-order valence-electron chi connectivity index (χ3n) is 4.09. The lowest BCUT2D eigenvalue weighted by molar-refractivity contribution is 0.177. The summed E-state index contributed by atoms with van der Waals surface area (Å²) in [5.41, 5.74) is 7.74. The molecule has 1 aromatic rings. The molecule has 0 spiro atoms. The van der Waals surface area contributed by atoms with E-state index in [9.17, 15) is 5.11 Å². The Morgan fingerprint density at radius 1 is 1.42 bits per heavy atom. The zero-order valence-electron chi connectivity index (χ0n) is 12.2. The molecule has 0 aromatic carbocycles. The van der Waals surface area contributed by atoms with Gasteiger partial charge in [0.15, 0.2) is 0 Å². The SMILES string of the molecule is Cc1nn(C(C)C)c(NC2CCCCC2CO)c1N. The summed E-state index contributed by atoms with van der Waals surface area (Å²) in [5, 5.41) is 17.5. The van der Waals surface area contributed by atoms with Gasteiger partial charge in [0.1, 0.15) is 5.82 Å². The first-order valence-corrected chi connectivity index (χ1v) is 7.26. The molecule has 0 saturated heterocycles. The van der Waals surface area contributed by atoms with Gasteiger partial charge in [-0.25, -0.2) is 4.68 Å². The fourth-order valence-corrected chi connectivity index (χ4v) is 2.87. The number of aliphatic hydroxyl groups is 1. The van der Waals surface area contributed by atoms with Crippen molar-refractivity contribution in [2.45, 2.75) is 58.5 Å². The second kappa shape index (κ2) is 5.82. The molecule has 0 radical (unpaired) electrons. The fraction of sp³-hybridized carbons (Fsp3) is 0.786. The van der Waals surface area contributed by atoms with E-state index in [2.05, 4.69) is 24.3 Å². The number of aromatic nitrogens is 2. The van der Waals surface area contributed by atoms with Gasteiger partial charge in [0.05, 0.1) is 11.4 Å². The summed E-state index contributed by atoms with van der Waals surface area (Å²) in [5.74, 6) is 1.24. The largest absolute Gasteiger partial charge is 0.396 e. The van der Waals surface area contributed by atoms with Crippen LogP contribution in [0.15, 0.2) is 0 Å². The minimum absolute atomic E-state index is 0.242. The van der Waals surface area contributed by atoms with Gasteiger partial charge < -0.3 is 16.2 Å². The first-order valence-electron chi connectivity index (χ1n) is 7.26. The van der Waals surface area contributed by atoms with Crippen LogP contribution in [-0.4, -0.2) is 27.5 Å². The van der Waals surface area contributed by atoms with E-state index in [0.717, 1.165) is 30.0 Å². The average molecular weight is 266 g/mol. The number of nitrogens with one attached hydrogen (secondary N) is 1. The second-order valence-electron chi connectivity index (χ2n) is 5.86. The summed E-state index contributed by atoms with van der Waals surface area (Å²) in [6, 6.07) is 0.573. The van der Waals surface area contributed by atoms with E-state index >= 15 is 0 Å². The lowest BCUT2D eigenvalue weighted by atomic mass is 9.85. The lowest BCUT2D eigenvalue weighted by Gasteiger charge is -2.32. The molecule has 1 heterocycles. The number of hydrogen-bond acceptors (Lipinski definition) is 4. The normalized spacial score (nSPS) is 23.8. The van der Waals surface area contributed by atoms with Crippen molar-refractivity contribution in [3.05, 3.63) is 5.69 Å². The Morgan fingerprint density at radius 2 is 2.11 bits per heavy atom. The van der Waals surface area contributed by atoms with Crippen LogP contribution in [0.3, 0.4) is 0 Å². The Labute approximate surface area is 115 Å². The Balaban J connectivity index is 2.22. The van der Waals surface area contributed by atoms with Gasteiger partial charge >= 0.3 is 0 Å². The van der Waals surface area contributed by atoms with Crippen molar-refractivity contribution in [1.29, 1.82) is 0 Å². The quantitative estimate of drug-likeness (QED) is 0.781. The summed E-state index contributed by atoms with van der Waals surface area (Å²) in [6.07, 6.45) is 4.60. The van der Waals surface area contributed by atoms with Crippen LogP contribution in [0, 0.1) is 12.8 Å². The van der Waals surface area contributed by atoms with Crippen LogP contribution in [0.5, 0.6) is 0 Å². The Hall–Kier alpha value is -1.23. The Morgan fingerprint density at radius 3 is 2.74 bits per heavy atom. The van der Waals surface area contributed by atoms with Crippen LogP contribution in [0.25, 0.3) is 0 Å². The van der Waals surface area contributed by atoms with Crippen molar-refractivity contribution >= 4 is 11.5 Å². The number of nitrogens with two attached hydrogens (primary N) is 1. The van der Waals surface area contributed by atoms with E-state index in [1.165, 1.54) is 12.8 Å². The minimum Gasteiger partial charge on any atom is -0.396 e. The molecule has 5 nitrogen and oxygen atoms in total. The molecule has 2 unspecified atom stereocenters. The molecule has 0 aliphatic heterocycles. The van der Waals surface area contributed by atoms with E-state index in [1.54, 1.807) is 0 Å². The van der Waals surface area contributed by atoms with Crippen LogP contribution < -0.4 is 11.1 Å². The highest BCUT2D eigenvalue weighted by Crippen LogP contribution is 2.31. The third kappa shape index (κ3) is 2.86. The van der Waals surface area contributed by atoms with Gasteiger partial charge in [0.25, 0.3) is 0 Å². The molecule has 19 heavy (non-hydrogen) atoms. The zero-order chi connectivity index (χ0) is 14.0. The van der Waals surface area contributed by atoms with Crippen LogP contribution in [-0.2, 0) is 0 Å². The average Bonchev–Trinajstić information content (AvgIpc) is 2.68. The van der Waals surface area contributed by atoms with Crippen molar-refractivity contribution < 1.29 is 5.11 Å². The predicted molar refractivity (Wildman–Crippen MR) is 78.2 cm³/mol. The van der Waals surface area contributed by atoms with Crippen molar-refractivity contribution in [3.63, 3.8) is 0 Å². The van der Waals surface area contributed by atoms with Crippen LogP contribution >= 0.6 is 0 Å². The monoisotopic (exact) mass is 266 g/mol. The highest BCUT2D eigenvalue weighted by molar-refractivity contribution is 5.65.